The van der Waals surface area contributed by atoms with Crippen molar-refractivity contribution in [3.05, 3.63) is 53.9 Å². The molecule has 0 radical (unpaired) electrons. The van der Waals surface area contributed by atoms with Gasteiger partial charge in [-0.15, -0.1) is 0 Å². The summed E-state index contributed by atoms with van der Waals surface area (Å²) in [6, 6.07) is 7.63. The van der Waals surface area contributed by atoms with Crippen LogP contribution in [-0.4, -0.2) is 76.8 Å². The van der Waals surface area contributed by atoms with Crippen LogP contribution in [0.1, 0.15) is 82.4 Å². The normalized spacial score (nSPS) is 27.8. The zero-order chi connectivity index (χ0) is 34.7. The molecule has 3 fully saturated rings. The first-order valence-corrected chi connectivity index (χ1v) is 19.2. The standard InChI is InChI=1S/C37H47N5O6S/c1-22(2)30-15-17-42(40-30)33-20-32(27-13-14-31(47-5)23(3)34(27)38-33)48-25-18-28-29(19-25)36(44)41(4)16-9-7-6-8-10-24-21-37(24,39-35(28)43)49(45,46)26-11-12-26/h8,10,13-15,17,20,22,24-26,28-29H,6-7,9,11-12,16,18-19,21H2,1-5H3,(H,39,43)/t24-,25?,28-,29?,37+/m1/s1. The molecule has 7 rings (SSSR count). The Morgan fingerprint density at radius 2 is 1.84 bits per heavy atom. The molecule has 11 nitrogen and oxygen atoms in total. The second-order valence-electron chi connectivity index (χ2n) is 14.6. The molecule has 12 heteroatoms. The molecule has 49 heavy (non-hydrogen) atoms. The molecule has 0 saturated heterocycles. The molecule has 2 amide bonds. The van der Waals surface area contributed by atoms with E-state index >= 15 is 0 Å². The first kappa shape index (κ1) is 33.6. The Morgan fingerprint density at radius 3 is 2.55 bits per heavy atom. The summed E-state index contributed by atoms with van der Waals surface area (Å²) in [5.74, 6) is -0.0145. The van der Waals surface area contributed by atoms with E-state index in [0.717, 1.165) is 35.9 Å². The summed E-state index contributed by atoms with van der Waals surface area (Å²) in [5, 5.41) is 8.15. The van der Waals surface area contributed by atoms with Crippen molar-refractivity contribution >= 4 is 32.6 Å². The number of hydrogen-bond acceptors (Lipinski definition) is 8. The summed E-state index contributed by atoms with van der Waals surface area (Å²) in [5.41, 5.74) is 2.50. The van der Waals surface area contributed by atoms with E-state index in [-0.39, 0.29) is 30.1 Å². The van der Waals surface area contributed by atoms with Crippen molar-refractivity contribution in [2.75, 3.05) is 20.7 Å². The number of ether oxygens (including phenoxy) is 2. The minimum atomic E-state index is -3.57. The Labute approximate surface area is 288 Å². The molecule has 2 unspecified atom stereocenters. The predicted octanol–water partition coefficient (Wildman–Crippen LogP) is 5.24. The molecule has 3 aliphatic carbocycles. The second kappa shape index (κ2) is 12.8. The molecular weight excluding hydrogens is 643 g/mol. The fraction of sp³-hybridized carbons (Fsp3) is 0.568. The number of nitrogens with one attached hydrogen (secondary N) is 1. The van der Waals surface area contributed by atoms with Crippen LogP contribution in [0.25, 0.3) is 16.7 Å². The zero-order valence-corrected chi connectivity index (χ0v) is 29.8. The molecule has 0 bridgehead atoms. The van der Waals surface area contributed by atoms with Crippen LogP contribution in [0.15, 0.2) is 42.6 Å². The van der Waals surface area contributed by atoms with E-state index in [1.54, 1.807) is 23.7 Å². The fourth-order valence-corrected chi connectivity index (χ4v) is 10.2. The van der Waals surface area contributed by atoms with Crippen LogP contribution in [0, 0.1) is 24.7 Å². The number of methoxy groups -OCH3 is 1. The lowest BCUT2D eigenvalue weighted by Gasteiger charge is -2.27. The number of hydrogen-bond donors (Lipinski definition) is 1. The number of sulfone groups is 1. The topological polar surface area (TPSA) is 133 Å². The third-order valence-corrected chi connectivity index (χ3v) is 13.8. The van der Waals surface area contributed by atoms with Gasteiger partial charge in [0, 0.05) is 42.7 Å². The lowest BCUT2D eigenvalue weighted by Crippen LogP contribution is -2.50. The summed E-state index contributed by atoms with van der Waals surface area (Å²) in [7, 11) is -0.157. The van der Waals surface area contributed by atoms with Gasteiger partial charge in [-0.2, -0.15) is 5.10 Å². The summed E-state index contributed by atoms with van der Waals surface area (Å²) in [6.07, 6.45) is 10.2. The van der Waals surface area contributed by atoms with Crippen molar-refractivity contribution in [2.45, 2.75) is 94.3 Å². The van der Waals surface area contributed by atoms with Crippen LogP contribution >= 0.6 is 0 Å². The molecule has 1 aliphatic heterocycles. The van der Waals surface area contributed by atoms with E-state index < -0.39 is 37.9 Å². The Balaban J connectivity index is 1.23. The van der Waals surface area contributed by atoms with Gasteiger partial charge >= 0.3 is 0 Å². The number of aromatic nitrogens is 3. The van der Waals surface area contributed by atoms with E-state index in [9.17, 15) is 18.0 Å². The number of nitrogens with zero attached hydrogens (tertiary/aromatic N) is 4. The van der Waals surface area contributed by atoms with Gasteiger partial charge in [0.25, 0.3) is 0 Å². The Morgan fingerprint density at radius 1 is 1.06 bits per heavy atom. The predicted molar refractivity (Wildman–Crippen MR) is 186 cm³/mol. The molecule has 4 aliphatic rings. The smallest absolute Gasteiger partial charge is 0.226 e. The maximum absolute atomic E-state index is 14.2. The number of fused-ring (bicyclic) bond motifs is 3. The summed E-state index contributed by atoms with van der Waals surface area (Å²) in [4.78, 5) is 33.6. The van der Waals surface area contributed by atoms with E-state index in [0.29, 0.717) is 55.1 Å². The highest BCUT2D eigenvalue weighted by molar-refractivity contribution is 7.94. The molecule has 3 heterocycles. The van der Waals surface area contributed by atoms with Crippen molar-refractivity contribution < 1.29 is 27.5 Å². The Bertz CT molecular complexity index is 1920. The number of aryl methyl sites for hydroxylation is 1. The van der Waals surface area contributed by atoms with Gasteiger partial charge in [-0.3, -0.25) is 9.59 Å². The van der Waals surface area contributed by atoms with Crippen molar-refractivity contribution in [2.24, 2.45) is 17.8 Å². The molecule has 2 aromatic heterocycles. The van der Waals surface area contributed by atoms with Crippen LogP contribution < -0.4 is 14.8 Å². The quantitative estimate of drug-likeness (QED) is 0.333. The Hall–Kier alpha value is -3.93. The highest BCUT2D eigenvalue weighted by Gasteiger charge is 2.67. The van der Waals surface area contributed by atoms with Crippen LogP contribution in [0.5, 0.6) is 11.5 Å². The van der Waals surface area contributed by atoms with E-state index in [1.165, 1.54) is 0 Å². The number of rotatable bonds is 7. The maximum Gasteiger partial charge on any atom is 0.226 e. The van der Waals surface area contributed by atoms with Gasteiger partial charge in [-0.25, -0.2) is 18.1 Å². The SMILES string of the molecule is COc1ccc2c(OC3CC4C(=O)N(C)CCCCC=C[C@@H]5C[C@@]5(S(=O)(=O)C5CC5)NC(=O)[C@@H]4C3)cc(-n3ccc(C(C)C)n3)nc2c1C. The second-order valence-corrected chi connectivity index (χ2v) is 17.1. The third-order valence-electron chi connectivity index (χ3n) is 10.9. The molecule has 1 aromatic carbocycles. The number of carbonyl (C=O) groups is 2. The van der Waals surface area contributed by atoms with Crippen molar-refractivity contribution in [1.29, 1.82) is 0 Å². The zero-order valence-electron chi connectivity index (χ0n) is 29.0. The number of pyridine rings is 1. The summed E-state index contributed by atoms with van der Waals surface area (Å²) in [6.45, 7) is 6.72. The van der Waals surface area contributed by atoms with Gasteiger partial charge in [0.05, 0.1) is 35.4 Å². The van der Waals surface area contributed by atoms with Gasteiger partial charge < -0.3 is 19.7 Å². The lowest BCUT2D eigenvalue weighted by molar-refractivity contribution is -0.140. The summed E-state index contributed by atoms with van der Waals surface area (Å²) >= 11 is 0. The van der Waals surface area contributed by atoms with Gasteiger partial charge in [0.2, 0.25) is 11.8 Å². The van der Waals surface area contributed by atoms with Gasteiger partial charge in [-0.1, -0.05) is 26.0 Å². The molecule has 1 N–H and O–H groups in total. The molecule has 0 spiro atoms. The van der Waals surface area contributed by atoms with Crippen molar-refractivity contribution in [3.63, 3.8) is 0 Å². The highest BCUT2D eigenvalue weighted by atomic mass is 32.2. The molecule has 3 aromatic rings. The summed E-state index contributed by atoms with van der Waals surface area (Å²) < 4.78 is 41.6. The molecule has 5 atom stereocenters. The third kappa shape index (κ3) is 6.10. The average molecular weight is 690 g/mol. The number of amides is 2. The Kier molecular flexibility index (Phi) is 8.73. The van der Waals surface area contributed by atoms with Crippen LogP contribution in [0.3, 0.4) is 0 Å². The van der Waals surface area contributed by atoms with E-state index in [4.69, 9.17) is 19.6 Å². The van der Waals surface area contributed by atoms with Gasteiger partial charge in [0.1, 0.15) is 22.5 Å². The van der Waals surface area contributed by atoms with Gasteiger partial charge in [0.15, 0.2) is 15.7 Å². The van der Waals surface area contributed by atoms with Crippen LogP contribution in [0.4, 0.5) is 0 Å². The van der Waals surface area contributed by atoms with Crippen LogP contribution in [-0.2, 0) is 19.4 Å². The van der Waals surface area contributed by atoms with Crippen molar-refractivity contribution in [3.8, 4) is 17.3 Å². The average Bonchev–Trinajstić information content (AvgIpc) is 3.95. The largest absolute Gasteiger partial charge is 0.496 e. The number of carbonyl (C=O) groups excluding carboxylic acids is 2. The number of allylic oxidation sites excluding steroid dienone is 1. The molecule has 262 valence electrons. The van der Waals surface area contributed by atoms with Gasteiger partial charge in [-0.05, 0) is 82.4 Å². The molecular formula is C37H47N5O6S. The number of benzene rings is 1. The van der Waals surface area contributed by atoms with Crippen molar-refractivity contribution in [1.82, 2.24) is 25.0 Å². The first-order valence-electron chi connectivity index (χ1n) is 17.6. The maximum atomic E-state index is 14.2. The fourth-order valence-electron chi connectivity index (χ4n) is 7.68. The first-order chi connectivity index (χ1) is 23.4. The lowest BCUT2D eigenvalue weighted by atomic mass is 9.93. The van der Waals surface area contributed by atoms with E-state index in [2.05, 4.69) is 19.2 Å². The molecule has 3 saturated carbocycles. The minimum absolute atomic E-state index is 0.107. The van der Waals surface area contributed by atoms with Crippen LogP contribution in [0.2, 0.25) is 0 Å². The highest BCUT2D eigenvalue weighted by Crippen LogP contribution is 2.54. The minimum Gasteiger partial charge on any atom is -0.496 e. The monoisotopic (exact) mass is 689 g/mol. The van der Waals surface area contributed by atoms with E-state index in [1.807, 2.05) is 49.5 Å².